The van der Waals surface area contributed by atoms with Crippen LogP contribution in [0.2, 0.25) is 0 Å². The quantitative estimate of drug-likeness (QED) is 0.724. The highest BCUT2D eigenvalue weighted by Gasteiger charge is 1.91. The molecule has 0 saturated heterocycles. The second-order valence-electron chi connectivity index (χ2n) is 2.77. The lowest BCUT2D eigenvalue weighted by atomic mass is 10.1. The second-order valence-corrected chi connectivity index (χ2v) is 2.77. The molecule has 12 heavy (non-hydrogen) atoms. The molecule has 1 rings (SSSR count). The Morgan fingerprint density at radius 2 is 2.00 bits per heavy atom. The van der Waals surface area contributed by atoms with E-state index in [1.807, 2.05) is 18.2 Å². The van der Waals surface area contributed by atoms with Crippen LogP contribution in [0, 0.1) is 0 Å². The van der Waals surface area contributed by atoms with Crippen LogP contribution in [0.5, 0.6) is 0 Å². The lowest BCUT2D eigenvalue weighted by Gasteiger charge is -1.99. The maximum atomic E-state index is 8.62. The van der Waals surface area contributed by atoms with Crippen LogP contribution in [0.1, 0.15) is 18.9 Å². The van der Waals surface area contributed by atoms with E-state index in [4.69, 9.17) is 5.11 Å². The van der Waals surface area contributed by atoms with Crippen LogP contribution in [-0.2, 0) is 0 Å². The number of allylic oxidation sites excluding steroid dienone is 1. The van der Waals surface area contributed by atoms with Gasteiger partial charge in [-0.2, -0.15) is 0 Å². The van der Waals surface area contributed by atoms with Crippen molar-refractivity contribution in [3.63, 3.8) is 0 Å². The minimum absolute atomic E-state index is 0.226. The molecule has 1 nitrogen and oxygen atoms in total. The highest BCUT2D eigenvalue weighted by molar-refractivity contribution is 5.63. The van der Waals surface area contributed by atoms with Gasteiger partial charge in [0.1, 0.15) is 0 Å². The van der Waals surface area contributed by atoms with Gasteiger partial charge in [-0.05, 0) is 24.5 Å². The van der Waals surface area contributed by atoms with Crippen LogP contribution >= 0.6 is 0 Å². The van der Waals surface area contributed by atoms with Crippen molar-refractivity contribution < 1.29 is 5.11 Å². The zero-order chi connectivity index (χ0) is 8.81. The fourth-order valence-electron chi connectivity index (χ4n) is 1.10. The van der Waals surface area contributed by atoms with Crippen LogP contribution in [0.3, 0.4) is 0 Å². The molecule has 64 valence electrons. The topological polar surface area (TPSA) is 20.2 Å². The van der Waals surface area contributed by atoms with E-state index in [0.29, 0.717) is 0 Å². The summed E-state index contributed by atoms with van der Waals surface area (Å²) in [7, 11) is 0. The summed E-state index contributed by atoms with van der Waals surface area (Å²) in [5, 5.41) is 8.62. The Labute approximate surface area is 73.4 Å². The van der Waals surface area contributed by atoms with E-state index < -0.39 is 0 Å². The minimum atomic E-state index is 0.226. The monoisotopic (exact) mass is 162 g/mol. The Morgan fingerprint density at radius 1 is 1.33 bits per heavy atom. The predicted molar refractivity (Wildman–Crippen MR) is 51.8 cm³/mol. The molecule has 1 N–H and O–H groups in total. The van der Waals surface area contributed by atoms with E-state index in [0.717, 1.165) is 6.42 Å². The minimum Gasteiger partial charge on any atom is -0.396 e. The number of hydrogen-bond donors (Lipinski definition) is 1. The van der Waals surface area contributed by atoms with Crippen LogP contribution in [-0.4, -0.2) is 11.7 Å². The van der Waals surface area contributed by atoms with Crippen molar-refractivity contribution >= 4 is 5.57 Å². The van der Waals surface area contributed by atoms with Gasteiger partial charge < -0.3 is 5.11 Å². The van der Waals surface area contributed by atoms with E-state index in [1.54, 1.807) is 0 Å². The fraction of sp³-hybridized carbons (Fsp3) is 0.273. The van der Waals surface area contributed by atoms with Gasteiger partial charge in [-0.15, -0.1) is 0 Å². The summed E-state index contributed by atoms with van der Waals surface area (Å²) in [5.74, 6) is 0. The third-order valence-corrected chi connectivity index (χ3v) is 1.81. The molecular weight excluding hydrogens is 148 g/mol. The Bertz CT molecular complexity index is 249. The highest BCUT2D eigenvalue weighted by Crippen LogP contribution is 2.12. The molecule has 0 aliphatic heterocycles. The van der Waals surface area contributed by atoms with Gasteiger partial charge in [0.25, 0.3) is 0 Å². The van der Waals surface area contributed by atoms with E-state index >= 15 is 0 Å². The van der Waals surface area contributed by atoms with Crippen LogP contribution in [0.15, 0.2) is 36.4 Å². The Hall–Kier alpha value is -1.08. The molecule has 0 aromatic heterocycles. The largest absolute Gasteiger partial charge is 0.396 e. The van der Waals surface area contributed by atoms with Gasteiger partial charge in [0.2, 0.25) is 0 Å². The van der Waals surface area contributed by atoms with Gasteiger partial charge in [-0.1, -0.05) is 36.4 Å². The Balaban J connectivity index is 2.71. The SMILES string of the molecule is CC(=CCCO)c1ccccc1. The molecule has 0 unspecified atom stereocenters. The third-order valence-electron chi connectivity index (χ3n) is 1.81. The van der Waals surface area contributed by atoms with E-state index in [2.05, 4.69) is 25.1 Å². The van der Waals surface area contributed by atoms with Crippen molar-refractivity contribution in [2.45, 2.75) is 13.3 Å². The molecule has 0 bridgehead atoms. The average molecular weight is 162 g/mol. The Morgan fingerprint density at radius 3 is 2.58 bits per heavy atom. The maximum Gasteiger partial charge on any atom is 0.0465 e. The van der Waals surface area contributed by atoms with Crippen LogP contribution in [0.4, 0.5) is 0 Å². The van der Waals surface area contributed by atoms with Crippen LogP contribution < -0.4 is 0 Å². The molecule has 0 fully saturated rings. The Kier molecular flexibility index (Phi) is 3.55. The average Bonchev–Trinajstić information content (AvgIpc) is 2.15. The number of aliphatic hydroxyl groups is 1. The van der Waals surface area contributed by atoms with Crippen molar-refractivity contribution in [1.82, 2.24) is 0 Å². The van der Waals surface area contributed by atoms with Gasteiger partial charge in [0.05, 0.1) is 0 Å². The summed E-state index contributed by atoms with van der Waals surface area (Å²) >= 11 is 0. The molecule has 1 aromatic carbocycles. The summed E-state index contributed by atoms with van der Waals surface area (Å²) < 4.78 is 0. The normalized spacial score (nSPS) is 11.7. The van der Waals surface area contributed by atoms with E-state index in [1.165, 1.54) is 11.1 Å². The zero-order valence-electron chi connectivity index (χ0n) is 7.33. The van der Waals surface area contributed by atoms with Gasteiger partial charge in [0, 0.05) is 6.61 Å². The number of aliphatic hydroxyl groups excluding tert-OH is 1. The molecule has 0 heterocycles. The van der Waals surface area contributed by atoms with Gasteiger partial charge >= 0.3 is 0 Å². The number of hydrogen-bond acceptors (Lipinski definition) is 1. The highest BCUT2D eigenvalue weighted by atomic mass is 16.2. The van der Waals surface area contributed by atoms with Crippen molar-refractivity contribution in [1.29, 1.82) is 0 Å². The van der Waals surface area contributed by atoms with Crippen LogP contribution in [0.25, 0.3) is 5.57 Å². The van der Waals surface area contributed by atoms with Gasteiger partial charge in [0.15, 0.2) is 0 Å². The van der Waals surface area contributed by atoms with E-state index in [-0.39, 0.29) is 6.61 Å². The van der Waals surface area contributed by atoms with Gasteiger partial charge in [-0.25, -0.2) is 0 Å². The summed E-state index contributed by atoms with van der Waals surface area (Å²) in [6.45, 7) is 2.29. The molecule has 1 heteroatoms. The lowest BCUT2D eigenvalue weighted by Crippen LogP contribution is -1.81. The first-order valence-electron chi connectivity index (χ1n) is 4.17. The van der Waals surface area contributed by atoms with E-state index in [9.17, 15) is 0 Å². The molecule has 0 saturated carbocycles. The number of rotatable bonds is 3. The first kappa shape index (κ1) is 9.01. The molecule has 0 amide bonds. The predicted octanol–water partition coefficient (Wildman–Crippen LogP) is 2.47. The first-order valence-corrected chi connectivity index (χ1v) is 4.17. The first-order chi connectivity index (χ1) is 5.84. The van der Waals surface area contributed by atoms with Crippen molar-refractivity contribution in [3.8, 4) is 0 Å². The second kappa shape index (κ2) is 4.73. The molecule has 1 aromatic rings. The summed E-state index contributed by atoms with van der Waals surface area (Å²) in [5.41, 5.74) is 2.45. The molecule has 0 aliphatic carbocycles. The lowest BCUT2D eigenvalue weighted by molar-refractivity contribution is 0.303. The van der Waals surface area contributed by atoms with Crippen molar-refractivity contribution in [2.24, 2.45) is 0 Å². The smallest absolute Gasteiger partial charge is 0.0465 e. The van der Waals surface area contributed by atoms with Crippen molar-refractivity contribution in [2.75, 3.05) is 6.61 Å². The molecule has 0 spiro atoms. The molecular formula is C11H14O. The standard InChI is InChI=1S/C11H14O/c1-10(6-5-9-12)11-7-3-2-4-8-11/h2-4,6-8,12H,5,9H2,1H3. The third kappa shape index (κ3) is 2.51. The number of benzene rings is 1. The summed E-state index contributed by atoms with van der Waals surface area (Å²) in [4.78, 5) is 0. The molecule has 0 aliphatic rings. The van der Waals surface area contributed by atoms with Crippen molar-refractivity contribution in [3.05, 3.63) is 42.0 Å². The fourth-order valence-corrected chi connectivity index (χ4v) is 1.10. The molecule has 0 atom stereocenters. The van der Waals surface area contributed by atoms with Gasteiger partial charge in [-0.3, -0.25) is 0 Å². The maximum absolute atomic E-state index is 8.62. The zero-order valence-corrected chi connectivity index (χ0v) is 7.33. The molecule has 0 radical (unpaired) electrons. The summed E-state index contributed by atoms with van der Waals surface area (Å²) in [6.07, 6.45) is 2.79. The summed E-state index contributed by atoms with van der Waals surface area (Å²) in [6, 6.07) is 10.2.